The number of ether oxygens (including phenoxy) is 6. The van der Waals surface area contributed by atoms with E-state index in [1.54, 1.807) is 12.1 Å². The highest BCUT2D eigenvalue weighted by atomic mass is 35.5. The summed E-state index contributed by atoms with van der Waals surface area (Å²) in [6.07, 6.45) is -0.147. The van der Waals surface area contributed by atoms with Gasteiger partial charge in [0.1, 0.15) is 18.6 Å². The first kappa shape index (κ1) is 36.5. The number of phenols is 2. The van der Waals surface area contributed by atoms with Crippen LogP contribution in [0.5, 0.6) is 40.2 Å². The number of fused-ring (bicyclic) bond motifs is 9. The molecule has 0 aromatic heterocycles. The number of esters is 2. The van der Waals surface area contributed by atoms with E-state index in [9.17, 15) is 24.9 Å². The quantitative estimate of drug-likeness (QED) is 0.144. The van der Waals surface area contributed by atoms with E-state index < -0.39 is 53.1 Å². The fourth-order valence-electron chi connectivity index (χ4n) is 9.70. The number of aliphatic hydroxyl groups is 1. The number of nitrogens with one attached hydrogen (secondary N) is 2. The third-order valence-electron chi connectivity index (χ3n) is 12.0. The standard InChI is InChI=1S/C39H42ClN3O11S/c1-16-9-19-10-21-37(47)43-22-13-51-38(48)39(20-12-24(49-3)23(44)11-18(20)6-8-41-39)14-55-36(30(43)29(42-21)26(19)31(46)32(16)50-4)28-27(22)35-34(52-15-53-35)17(2)33(28)54-25(45)5-7-40/h9,11-12,21-22,29-30,36-37,41-42,44,46-47H,5-8,10,13-15H2,1-4H3/t21-,22-,29-,30?,36+,37-,39+/m0/s1. The number of carbonyl (C=O) groups excluding carboxylic acids is 2. The van der Waals surface area contributed by atoms with Crippen molar-refractivity contribution >= 4 is 35.3 Å². The molecule has 0 aliphatic carbocycles. The van der Waals surface area contributed by atoms with Gasteiger partial charge in [0.2, 0.25) is 6.79 Å². The summed E-state index contributed by atoms with van der Waals surface area (Å²) in [6.45, 7) is 3.82. The molecule has 5 N–H and O–H groups in total. The minimum absolute atomic E-state index is 0.0105. The summed E-state index contributed by atoms with van der Waals surface area (Å²) in [4.78, 5) is 30.0. The number of piperazine rings is 1. The number of alkyl halides is 1. The van der Waals surface area contributed by atoms with Crippen molar-refractivity contribution in [1.29, 1.82) is 0 Å². The zero-order valence-corrected chi connectivity index (χ0v) is 32.3. The van der Waals surface area contributed by atoms with Gasteiger partial charge in [-0.3, -0.25) is 15.0 Å². The number of hydrogen-bond acceptors (Lipinski definition) is 15. The van der Waals surface area contributed by atoms with Crippen molar-refractivity contribution in [2.24, 2.45) is 0 Å². The Kier molecular flexibility index (Phi) is 8.98. The van der Waals surface area contributed by atoms with Crippen LogP contribution in [0.4, 0.5) is 0 Å². The molecule has 7 aliphatic heterocycles. The van der Waals surface area contributed by atoms with Gasteiger partial charge in [0.25, 0.3) is 0 Å². The monoisotopic (exact) mass is 795 g/mol. The first-order chi connectivity index (χ1) is 26.5. The maximum atomic E-state index is 14.7. The van der Waals surface area contributed by atoms with Crippen molar-refractivity contribution in [3.05, 3.63) is 62.7 Å². The van der Waals surface area contributed by atoms with Crippen LogP contribution in [0.3, 0.4) is 0 Å². The number of benzene rings is 3. The molecule has 7 heterocycles. The van der Waals surface area contributed by atoms with Gasteiger partial charge in [0.05, 0.1) is 44.0 Å². The Hall–Kier alpha value is -4.12. The molecular weight excluding hydrogens is 754 g/mol. The second-order valence-corrected chi connectivity index (χ2v) is 16.3. The highest BCUT2D eigenvalue weighted by Gasteiger charge is 2.60. The number of nitrogens with zero attached hydrogens (tertiary/aromatic N) is 1. The van der Waals surface area contributed by atoms with Crippen LogP contribution in [-0.4, -0.2) is 96.3 Å². The van der Waals surface area contributed by atoms with Crippen molar-refractivity contribution in [3.8, 4) is 40.2 Å². The molecule has 14 nitrogen and oxygen atoms in total. The lowest BCUT2D eigenvalue weighted by Gasteiger charge is -2.59. The molecule has 7 aliphatic rings. The second kappa shape index (κ2) is 13.5. The number of thioether (sulfide) groups is 1. The molecule has 10 rings (SSSR count). The summed E-state index contributed by atoms with van der Waals surface area (Å²) in [5.41, 5.74) is 4.13. The highest BCUT2D eigenvalue weighted by molar-refractivity contribution is 7.99. The summed E-state index contributed by atoms with van der Waals surface area (Å²) in [7, 11) is 2.98. The number of carbonyl (C=O) groups is 2. The van der Waals surface area contributed by atoms with Crippen molar-refractivity contribution in [2.45, 2.75) is 74.3 Å². The van der Waals surface area contributed by atoms with Gasteiger partial charge < -0.3 is 49.1 Å². The molecule has 0 radical (unpaired) electrons. The van der Waals surface area contributed by atoms with E-state index in [-0.39, 0.29) is 48.7 Å². The molecule has 3 aromatic rings. The maximum absolute atomic E-state index is 14.7. The minimum atomic E-state index is -1.38. The van der Waals surface area contributed by atoms with E-state index in [4.69, 9.17) is 40.0 Å². The normalized spacial score (nSPS) is 28.7. The Bertz CT molecular complexity index is 2140. The number of hydrogen-bond donors (Lipinski definition) is 5. The summed E-state index contributed by atoms with van der Waals surface area (Å²) < 4.78 is 36.0. The summed E-state index contributed by atoms with van der Waals surface area (Å²) >= 11 is 7.46. The van der Waals surface area contributed by atoms with Crippen molar-refractivity contribution in [2.75, 3.05) is 45.8 Å². The van der Waals surface area contributed by atoms with E-state index >= 15 is 0 Å². The van der Waals surface area contributed by atoms with E-state index in [1.165, 1.54) is 26.0 Å². The SMILES string of the molecule is COc1cc2c(cc1O)CCN[C@]21CS[C@@H]2c3c(OC(=O)CCCl)c(C)c4c(c3[C@H](COC1=O)N1C2[C@H]2N[C@@H](Cc3cc(C)c(OC)c(O)c32)[C@@H]1O)OCO4. The molecule has 55 heavy (non-hydrogen) atoms. The molecule has 1 spiro atoms. The van der Waals surface area contributed by atoms with Gasteiger partial charge in [-0.1, -0.05) is 6.07 Å². The van der Waals surface area contributed by atoms with Gasteiger partial charge in [-0.15, -0.1) is 23.4 Å². The molecule has 0 saturated carbocycles. The molecule has 4 bridgehead atoms. The maximum Gasteiger partial charge on any atom is 0.331 e. The molecule has 2 saturated heterocycles. The van der Waals surface area contributed by atoms with Crippen LogP contribution < -0.4 is 34.3 Å². The zero-order valence-electron chi connectivity index (χ0n) is 30.7. The summed E-state index contributed by atoms with van der Waals surface area (Å²) in [5, 5.41) is 41.6. The van der Waals surface area contributed by atoms with Gasteiger partial charge >= 0.3 is 11.9 Å². The van der Waals surface area contributed by atoms with Crippen LogP contribution in [0, 0.1) is 13.8 Å². The Morgan fingerprint density at radius 1 is 1.05 bits per heavy atom. The molecule has 16 heteroatoms. The third kappa shape index (κ3) is 5.30. The topological polar surface area (TPSA) is 178 Å². The largest absolute Gasteiger partial charge is 0.504 e. The van der Waals surface area contributed by atoms with Gasteiger partial charge in [0, 0.05) is 46.5 Å². The van der Waals surface area contributed by atoms with Crippen LogP contribution in [0.15, 0.2) is 18.2 Å². The van der Waals surface area contributed by atoms with Crippen molar-refractivity contribution in [3.63, 3.8) is 0 Å². The molecular formula is C39H42ClN3O11S. The number of aromatic hydroxyl groups is 2. The lowest BCUT2D eigenvalue weighted by molar-refractivity contribution is -0.164. The van der Waals surface area contributed by atoms with Crippen LogP contribution in [0.2, 0.25) is 0 Å². The van der Waals surface area contributed by atoms with Crippen LogP contribution in [-0.2, 0) is 32.7 Å². The fourth-order valence-corrected chi connectivity index (χ4v) is 11.6. The first-order valence-electron chi connectivity index (χ1n) is 18.3. The average molecular weight is 796 g/mol. The van der Waals surface area contributed by atoms with Gasteiger partial charge in [0.15, 0.2) is 40.0 Å². The Morgan fingerprint density at radius 2 is 1.85 bits per heavy atom. The number of phenolic OH excluding ortho intramolecular Hbond substituents is 2. The third-order valence-corrected chi connectivity index (χ3v) is 13.7. The van der Waals surface area contributed by atoms with Gasteiger partial charge in [-0.05, 0) is 61.1 Å². The molecule has 3 aromatic carbocycles. The molecule has 292 valence electrons. The predicted octanol–water partition coefficient (Wildman–Crippen LogP) is 3.68. The van der Waals surface area contributed by atoms with Crippen LogP contribution in [0.25, 0.3) is 0 Å². The molecule has 7 atom stereocenters. The molecule has 2 fully saturated rings. The van der Waals surface area contributed by atoms with Gasteiger partial charge in [-0.2, -0.15) is 0 Å². The van der Waals surface area contributed by atoms with Crippen molar-refractivity contribution in [1.82, 2.24) is 15.5 Å². The second-order valence-electron chi connectivity index (χ2n) is 14.8. The van der Waals surface area contributed by atoms with Crippen LogP contribution >= 0.6 is 23.4 Å². The number of aliphatic hydroxyl groups excluding tert-OH is 1. The minimum Gasteiger partial charge on any atom is -0.504 e. The lowest BCUT2D eigenvalue weighted by atomic mass is 9.74. The van der Waals surface area contributed by atoms with E-state index in [1.807, 2.05) is 24.8 Å². The summed E-state index contributed by atoms with van der Waals surface area (Å²) in [6, 6.07) is 2.88. The number of methoxy groups -OCH3 is 2. The van der Waals surface area contributed by atoms with E-state index in [2.05, 4.69) is 10.6 Å². The fraction of sp³-hybridized carbons (Fsp3) is 0.487. The molecule has 1 unspecified atom stereocenters. The molecule has 0 amide bonds. The van der Waals surface area contributed by atoms with E-state index in [0.717, 1.165) is 16.7 Å². The predicted molar refractivity (Wildman–Crippen MR) is 200 cm³/mol. The van der Waals surface area contributed by atoms with Crippen molar-refractivity contribution < 1.29 is 53.3 Å². The smallest absolute Gasteiger partial charge is 0.331 e. The average Bonchev–Trinajstić information content (AvgIpc) is 3.66. The van der Waals surface area contributed by atoms with Gasteiger partial charge in [-0.25, -0.2) is 4.79 Å². The number of rotatable bonds is 5. The first-order valence-corrected chi connectivity index (χ1v) is 19.9. The number of halogens is 1. The number of aryl methyl sites for hydroxylation is 1. The van der Waals surface area contributed by atoms with E-state index in [0.29, 0.717) is 70.2 Å². The Morgan fingerprint density at radius 3 is 2.62 bits per heavy atom. The Labute approximate surface area is 326 Å². The summed E-state index contributed by atoms with van der Waals surface area (Å²) in [5.74, 6) is 0.805. The zero-order chi connectivity index (χ0) is 38.5. The lowest BCUT2D eigenvalue weighted by Crippen LogP contribution is -2.69. The highest BCUT2D eigenvalue weighted by Crippen LogP contribution is 2.63. The van der Waals surface area contributed by atoms with Crippen LogP contribution in [0.1, 0.15) is 68.3 Å². The Balaban J connectivity index is 1.30.